The van der Waals surface area contributed by atoms with Crippen LogP contribution in [0.3, 0.4) is 0 Å². The quantitative estimate of drug-likeness (QED) is 0.333. The van der Waals surface area contributed by atoms with Gasteiger partial charge in [0.2, 0.25) is 0 Å². The Balaban J connectivity index is 1.45. The maximum Gasteiger partial charge on any atom is 0.251 e. The normalized spacial score (nSPS) is 16.5. The molecule has 0 bridgehead atoms. The van der Waals surface area contributed by atoms with E-state index in [1.54, 1.807) is 24.3 Å². The van der Waals surface area contributed by atoms with Crippen molar-refractivity contribution in [3.63, 3.8) is 0 Å². The maximum absolute atomic E-state index is 13.7. The number of amides is 1. The van der Waals surface area contributed by atoms with Gasteiger partial charge in [-0.3, -0.25) is 4.79 Å². The van der Waals surface area contributed by atoms with Crippen molar-refractivity contribution >= 4 is 26.6 Å². The van der Waals surface area contributed by atoms with Crippen molar-refractivity contribution < 1.29 is 17.6 Å². The first-order valence-electron chi connectivity index (χ1n) is 12.7. The first-order chi connectivity index (χ1) is 18.7. The highest BCUT2D eigenvalue weighted by molar-refractivity contribution is 7.91. The molecular weight excluding hydrogens is 515 g/mol. The van der Waals surface area contributed by atoms with E-state index in [4.69, 9.17) is 0 Å². The van der Waals surface area contributed by atoms with Crippen molar-refractivity contribution in [3.8, 4) is 22.5 Å². The number of rotatable bonds is 5. The smallest absolute Gasteiger partial charge is 0.251 e. The van der Waals surface area contributed by atoms with E-state index in [0.29, 0.717) is 12.0 Å². The van der Waals surface area contributed by atoms with E-state index in [1.165, 1.54) is 12.1 Å². The molecule has 5 aromatic rings. The molecule has 2 aromatic heterocycles. The fraction of sp³-hybridized carbons (Fsp3) is 0.200. The van der Waals surface area contributed by atoms with Gasteiger partial charge in [-0.1, -0.05) is 18.2 Å². The molecular formula is C30H27FN4O3S. The molecule has 0 aliphatic carbocycles. The molecule has 1 aliphatic heterocycles. The fourth-order valence-corrected chi connectivity index (χ4v) is 6.96. The topological polar surface area (TPSA) is 86.0 Å². The molecule has 1 amide bonds. The van der Waals surface area contributed by atoms with Crippen LogP contribution in [0.5, 0.6) is 0 Å². The molecule has 6 rings (SSSR count). The Morgan fingerprint density at radius 2 is 1.79 bits per heavy atom. The number of carbonyl (C=O) groups excluding carboxylic acids is 1. The average Bonchev–Trinajstić information content (AvgIpc) is 3.57. The molecule has 0 saturated carbocycles. The van der Waals surface area contributed by atoms with Gasteiger partial charge in [0.1, 0.15) is 5.82 Å². The van der Waals surface area contributed by atoms with E-state index in [-0.39, 0.29) is 23.2 Å². The predicted molar refractivity (Wildman–Crippen MR) is 150 cm³/mol. The minimum absolute atomic E-state index is 0.0390. The van der Waals surface area contributed by atoms with Gasteiger partial charge in [0, 0.05) is 40.1 Å². The zero-order valence-electron chi connectivity index (χ0n) is 21.6. The first-order valence-corrected chi connectivity index (χ1v) is 14.6. The van der Waals surface area contributed by atoms with Gasteiger partial charge in [0.25, 0.3) is 5.91 Å². The Labute approximate surface area is 225 Å². The number of hydrogen-bond acceptors (Lipinski definition) is 4. The van der Waals surface area contributed by atoms with E-state index >= 15 is 0 Å². The molecule has 9 heteroatoms. The monoisotopic (exact) mass is 542 g/mol. The van der Waals surface area contributed by atoms with Gasteiger partial charge in [-0.25, -0.2) is 17.5 Å². The van der Waals surface area contributed by atoms with Crippen LogP contribution in [0.15, 0.2) is 79.0 Å². The highest BCUT2D eigenvalue weighted by Crippen LogP contribution is 2.34. The molecule has 3 aromatic carbocycles. The van der Waals surface area contributed by atoms with Crippen LogP contribution < -0.4 is 5.32 Å². The van der Waals surface area contributed by atoms with Crippen LogP contribution in [0, 0.1) is 19.7 Å². The molecule has 3 heterocycles. The van der Waals surface area contributed by atoms with Crippen molar-refractivity contribution in [2.24, 2.45) is 0 Å². The second-order valence-corrected chi connectivity index (χ2v) is 12.3. The van der Waals surface area contributed by atoms with Gasteiger partial charge >= 0.3 is 0 Å². The van der Waals surface area contributed by atoms with E-state index in [2.05, 4.69) is 16.5 Å². The third-order valence-electron chi connectivity index (χ3n) is 7.15. The van der Waals surface area contributed by atoms with Crippen LogP contribution in [-0.4, -0.2) is 46.2 Å². The fourth-order valence-electron chi connectivity index (χ4n) is 5.29. The zero-order chi connectivity index (χ0) is 27.3. The molecule has 39 heavy (non-hydrogen) atoms. The largest absolute Gasteiger partial charge is 0.348 e. The number of halogens is 1. The number of aromatic nitrogens is 3. The van der Waals surface area contributed by atoms with Crippen LogP contribution in [0.2, 0.25) is 0 Å². The second kappa shape index (κ2) is 9.50. The molecule has 0 spiro atoms. The Morgan fingerprint density at radius 3 is 2.49 bits per heavy atom. The molecule has 0 radical (unpaired) electrons. The predicted octanol–water partition coefficient (Wildman–Crippen LogP) is 5.16. The van der Waals surface area contributed by atoms with Gasteiger partial charge in [-0.15, -0.1) is 0 Å². The minimum Gasteiger partial charge on any atom is -0.348 e. The number of aryl methyl sites for hydroxylation is 2. The number of sulfone groups is 1. The van der Waals surface area contributed by atoms with Gasteiger partial charge in [-0.05, 0) is 80.4 Å². The summed E-state index contributed by atoms with van der Waals surface area (Å²) in [6, 6.07) is 21.4. The highest BCUT2D eigenvalue weighted by atomic mass is 32.2. The van der Waals surface area contributed by atoms with Crippen molar-refractivity contribution in [3.05, 3.63) is 102 Å². The molecule has 1 fully saturated rings. The van der Waals surface area contributed by atoms with E-state index in [9.17, 15) is 17.6 Å². The Bertz CT molecular complexity index is 1840. The average molecular weight is 543 g/mol. The summed E-state index contributed by atoms with van der Waals surface area (Å²) in [6.45, 7) is 3.98. The molecule has 1 atom stereocenters. The zero-order valence-corrected chi connectivity index (χ0v) is 22.4. The number of hydrogen-bond donors (Lipinski definition) is 1. The molecule has 1 unspecified atom stereocenters. The van der Waals surface area contributed by atoms with Gasteiger partial charge in [0.15, 0.2) is 9.84 Å². The number of nitrogens with zero attached hydrogens (tertiary/aromatic N) is 3. The van der Waals surface area contributed by atoms with E-state index < -0.39 is 15.9 Å². The summed E-state index contributed by atoms with van der Waals surface area (Å²) < 4.78 is 41.3. The number of fused-ring (bicyclic) bond motifs is 1. The Hall–Kier alpha value is -4.24. The summed E-state index contributed by atoms with van der Waals surface area (Å²) in [6.07, 6.45) is 2.40. The summed E-state index contributed by atoms with van der Waals surface area (Å²) in [4.78, 5) is 13.1. The van der Waals surface area contributed by atoms with Gasteiger partial charge in [0.05, 0.1) is 28.4 Å². The Kier molecular flexibility index (Phi) is 6.10. The lowest BCUT2D eigenvalue weighted by atomic mass is 10.0. The van der Waals surface area contributed by atoms with Gasteiger partial charge in [-0.2, -0.15) is 5.10 Å². The lowest BCUT2D eigenvalue weighted by molar-refractivity contribution is 0.0941. The van der Waals surface area contributed by atoms with Crippen molar-refractivity contribution in [1.29, 1.82) is 0 Å². The standard InChI is InChI=1S/C30H27FN4O3S/c1-19-14-20(2)35(33-19)26-5-3-4-21(15-26)28-17-34(25-9-7-23(31)8-10-25)29-16-22(6-11-27(28)29)30(36)32-24-12-13-39(37,38)18-24/h3-11,14-17,24H,12-13,18H2,1-2H3,(H,32,36). The summed E-state index contributed by atoms with van der Waals surface area (Å²) >= 11 is 0. The summed E-state index contributed by atoms with van der Waals surface area (Å²) in [5, 5.41) is 8.40. The van der Waals surface area contributed by atoms with Crippen LogP contribution in [-0.2, 0) is 9.84 Å². The van der Waals surface area contributed by atoms with E-state index in [0.717, 1.165) is 44.8 Å². The summed E-state index contributed by atoms with van der Waals surface area (Å²) in [5.74, 6) is -0.605. The SMILES string of the molecule is Cc1cc(C)n(-c2cccc(-c3cn(-c4ccc(F)cc4)c4cc(C(=O)NC5CCS(=O)(=O)C5)ccc34)c2)n1. The second-order valence-electron chi connectivity index (χ2n) is 10.1. The summed E-state index contributed by atoms with van der Waals surface area (Å²) in [5.41, 5.74) is 6.78. The lowest BCUT2D eigenvalue weighted by Crippen LogP contribution is -2.35. The highest BCUT2D eigenvalue weighted by Gasteiger charge is 2.29. The van der Waals surface area contributed by atoms with Crippen molar-refractivity contribution in [2.75, 3.05) is 11.5 Å². The van der Waals surface area contributed by atoms with Crippen LogP contribution in [0.1, 0.15) is 28.2 Å². The molecule has 1 aliphatic rings. The van der Waals surface area contributed by atoms with E-state index in [1.807, 2.05) is 59.6 Å². The third-order valence-corrected chi connectivity index (χ3v) is 8.92. The number of carbonyl (C=O) groups is 1. The van der Waals surface area contributed by atoms with Crippen molar-refractivity contribution in [1.82, 2.24) is 19.7 Å². The number of nitrogens with one attached hydrogen (secondary N) is 1. The van der Waals surface area contributed by atoms with Crippen LogP contribution >= 0.6 is 0 Å². The molecule has 198 valence electrons. The minimum atomic E-state index is -3.11. The lowest BCUT2D eigenvalue weighted by Gasteiger charge is -2.12. The summed E-state index contributed by atoms with van der Waals surface area (Å²) in [7, 11) is -3.11. The van der Waals surface area contributed by atoms with Gasteiger partial charge < -0.3 is 9.88 Å². The third kappa shape index (κ3) is 4.85. The Morgan fingerprint density at radius 1 is 1.00 bits per heavy atom. The van der Waals surface area contributed by atoms with Crippen molar-refractivity contribution in [2.45, 2.75) is 26.3 Å². The molecule has 1 saturated heterocycles. The molecule has 1 N–H and O–H groups in total. The first kappa shape index (κ1) is 25.1. The number of benzene rings is 3. The maximum atomic E-state index is 13.7. The van der Waals surface area contributed by atoms with Crippen LogP contribution in [0.4, 0.5) is 4.39 Å². The van der Waals surface area contributed by atoms with Crippen LogP contribution in [0.25, 0.3) is 33.4 Å². The molecule has 7 nitrogen and oxygen atoms in total.